The van der Waals surface area contributed by atoms with E-state index in [0.717, 1.165) is 0 Å². The molecule has 1 aromatic rings. The third-order valence-electron chi connectivity index (χ3n) is 1.75. The van der Waals surface area contributed by atoms with E-state index in [9.17, 15) is 0 Å². The summed E-state index contributed by atoms with van der Waals surface area (Å²) in [6.45, 7) is 1.00. The van der Waals surface area contributed by atoms with Crippen molar-refractivity contribution in [1.29, 1.82) is 0 Å². The molecule has 0 aromatic carbocycles. The number of aromatic nitrogens is 1. The zero-order chi connectivity index (χ0) is 10.4. The Bertz CT molecular complexity index is 283. The molecular formula is C9H14ClN3O. The van der Waals surface area contributed by atoms with Crippen LogP contribution in [0.1, 0.15) is 0 Å². The highest BCUT2D eigenvalue weighted by molar-refractivity contribution is 6.32. The van der Waals surface area contributed by atoms with E-state index in [-0.39, 0.29) is 6.04 Å². The Labute approximate surface area is 88.4 Å². The van der Waals surface area contributed by atoms with Gasteiger partial charge in [0.15, 0.2) is 0 Å². The van der Waals surface area contributed by atoms with Gasteiger partial charge >= 0.3 is 0 Å². The second kappa shape index (κ2) is 5.80. The minimum atomic E-state index is 0.0346. The van der Waals surface area contributed by atoms with Crippen LogP contribution in [0.5, 0.6) is 0 Å². The number of hydrogen-bond donors (Lipinski definition) is 2. The lowest BCUT2D eigenvalue weighted by molar-refractivity contribution is 0.187. The molecule has 4 nitrogen and oxygen atoms in total. The SMILES string of the molecule is COCC(CN)Nc1ncccc1Cl. The van der Waals surface area contributed by atoms with Gasteiger partial charge in [0.2, 0.25) is 0 Å². The maximum atomic E-state index is 5.92. The van der Waals surface area contributed by atoms with Gasteiger partial charge in [-0.2, -0.15) is 0 Å². The van der Waals surface area contributed by atoms with Gasteiger partial charge in [0, 0.05) is 19.9 Å². The maximum absolute atomic E-state index is 5.92. The monoisotopic (exact) mass is 215 g/mol. The molecule has 1 heterocycles. The normalized spacial score (nSPS) is 12.5. The highest BCUT2D eigenvalue weighted by Crippen LogP contribution is 2.17. The molecule has 0 aliphatic heterocycles. The smallest absolute Gasteiger partial charge is 0.145 e. The lowest BCUT2D eigenvalue weighted by Gasteiger charge is -2.16. The fraction of sp³-hybridized carbons (Fsp3) is 0.444. The number of pyridine rings is 1. The summed E-state index contributed by atoms with van der Waals surface area (Å²) < 4.78 is 4.99. The molecule has 5 heteroatoms. The maximum Gasteiger partial charge on any atom is 0.145 e. The van der Waals surface area contributed by atoms with Gasteiger partial charge in [-0.25, -0.2) is 4.98 Å². The van der Waals surface area contributed by atoms with Gasteiger partial charge in [0.1, 0.15) is 5.82 Å². The average molecular weight is 216 g/mol. The van der Waals surface area contributed by atoms with Crippen LogP contribution < -0.4 is 11.1 Å². The third-order valence-corrected chi connectivity index (χ3v) is 2.06. The third kappa shape index (κ3) is 3.14. The molecule has 0 amide bonds. The predicted molar refractivity (Wildman–Crippen MR) is 57.6 cm³/mol. The van der Waals surface area contributed by atoms with E-state index in [0.29, 0.717) is 24.0 Å². The van der Waals surface area contributed by atoms with Crippen molar-refractivity contribution in [2.45, 2.75) is 6.04 Å². The number of halogens is 1. The fourth-order valence-corrected chi connectivity index (χ4v) is 1.23. The first kappa shape index (κ1) is 11.2. The van der Waals surface area contributed by atoms with Crippen molar-refractivity contribution in [2.24, 2.45) is 5.73 Å². The summed E-state index contributed by atoms with van der Waals surface area (Å²) >= 11 is 5.92. The molecule has 1 aromatic heterocycles. The molecule has 3 N–H and O–H groups in total. The lowest BCUT2D eigenvalue weighted by Crippen LogP contribution is -2.33. The molecule has 0 saturated carbocycles. The van der Waals surface area contributed by atoms with Crippen molar-refractivity contribution in [2.75, 3.05) is 25.6 Å². The van der Waals surface area contributed by atoms with Crippen LogP contribution in [0.2, 0.25) is 5.02 Å². The summed E-state index contributed by atoms with van der Waals surface area (Å²) in [5.74, 6) is 0.640. The van der Waals surface area contributed by atoms with Gasteiger partial charge in [0.05, 0.1) is 17.7 Å². The number of nitrogens with one attached hydrogen (secondary N) is 1. The summed E-state index contributed by atoms with van der Waals surface area (Å²) in [6, 6.07) is 3.59. The molecule has 0 radical (unpaired) electrons. The summed E-state index contributed by atoms with van der Waals surface area (Å²) in [5.41, 5.74) is 5.54. The van der Waals surface area contributed by atoms with Gasteiger partial charge in [-0.3, -0.25) is 0 Å². The van der Waals surface area contributed by atoms with Crippen molar-refractivity contribution < 1.29 is 4.74 Å². The van der Waals surface area contributed by atoms with Crippen LogP contribution in [-0.2, 0) is 4.74 Å². The van der Waals surface area contributed by atoms with Gasteiger partial charge < -0.3 is 15.8 Å². The van der Waals surface area contributed by atoms with Gasteiger partial charge in [-0.1, -0.05) is 11.6 Å². The molecular weight excluding hydrogens is 202 g/mol. The highest BCUT2D eigenvalue weighted by atomic mass is 35.5. The summed E-state index contributed by atoms with van der Waals surface area (Å²) in [6.07, 6.45) is 1.68. The first-order chi connectivity index (χ1) is 6.77. The van der Waals surface area contributed by atoms with Crippen LogP contribution in [0, 0.1) is 0 Å². The van der Waals surface area contributed by atoms with E-state index in [1.54, 1.807) is 25.4 Å². The first-order valence-corrected chi connectivity index (χ1v) is 4.71. The number of hydrogen-bond acceptors (Lipinski definition) is 4. The molecule has 78 valence electrons. The minimum Gasteiger partial charge on any atom is -0.383 e. The van der Waals surface area contributed by atoms with E-state index in [2.05, 4.69) is 10.3 Å². The van der Waals surface area contributed by atoms with E-state index >= 15 is 0 Å². The second-order valence-corrected chi connectivity index (χ2v) is 3.27. The molecule has 1 rings (SSSR count). The van der Waals surface area contributed by atoms with Crippen LogP contribution >= 0.6 is 11.6 Å². The summed E-state index contributed by atoms with van der Waals surface area (Å²) in [5, 5.41) is 3.69. The number of rotatable bonds is 5. The van der Waals surface area contributed by atoms with Crippen molar-refractivity contribution in [3.8, 4) is 0 Å². The molecule has 0 fully saturated rings. The Morgan fingerprint density at radius 3 is 3.07 bits per heavy atom. The van der Waals surface area contributed by atoms with Crippen molar-refractivity contribution >= 4 is 17.4 Å². The predicted octanol–water partition coefficient (Wildman–Crippen LogP) is 1.12. The summed E-state index contributed by atoms with van der Waals surface area (Å²) in [4.78, 5) is 4.09. The van der Waals surface area contributed by atoms with Crippen LogP contribution in [-0.4, -0.2) is 31.3 Å². The Kier molecular flexibility index (Phi) is 4.65. The van der Waals surface area contributed by atoms with E-state index in [1.165, 1.54) is 0 Å². The molecule has 1 atom stereocenters. The van der Waals surface area contributed by atoms with E-state index < -0.39 is 0 Å². The van der Waals surface area contributed by atoms with Crippen molar-refractivity contribution in [1.82, 2.24) is 4.98 Å². The van der Waals surface area contributed by atoms with Crippen LogP contribution in [0.15, 0.2) is 18.3 Å². The summed E-state index contributed by atoms with van der Waals surface area (Å²) in [7, 11) is 1.63. The van der Waals surface area contributed by atoms with Crippen LogP contribution in [0.3, 0.4) is 0 Å². The molecule has 0 spiro atoms. The largest absolute Gasteiger partial charge is 0.383 e. The standard InChI is InChI=1S/C9H14ClN3O/c1-14-6-7(5-11)13-9-8(10)3-2-4-12-9/h2-4,7H,5-6,11H2,1H3,(H,12,13). The van der Waals surface area contributed by atoms with Gasteiger partial charge in [-0.15, -0.1) is 0 Å². The number of nitrogens with zero attached hydrogens (tertiary/aromatic N) is 1. The minimum absolute atomic E-state index is 0.0346. The molecule has 1 unspecified atom stereocenters. The van der Waals surface area contributed by atoms with Crippen LogP contribution in [0.4, 0.5) is 5.82 Å². The first-order valence-electron chi connectivity index (χ1n) is 4.34. The average Bonchev–Trinajstić information content (AvgIpc) is 2.20. The zero-order valence-electron chi connectivity index (χ0n) is 8.03. The topological polar surface area (TPSA) is 60.2 Å². The van der Waals surface area contributed by atoms with E-state index in [1.807, 2.05) is 0 Å². The molecule has 0 bridgehead atoms. The number of methoxy groups -OCH3 is 1. The van der Waals surface area contributed by atoms with Crippen molar-refractivity contribution in [3.05, 3.63) is 23.4 Å². The Morgan fingerprint density at radius 2 is 2.50 bits per heavy atom. The fourth-order valence-electron chi connectivity index (χ4n) is 1.06. The van der Waals surface area contributed by atoms with Crippen molar-refractivity contribution in [3.63, 3.8) is 0 Å². The number of nitrogens with two attached hydrogens (primary N) is 1. The molecule has 0 aliphatic rings. The highest BCUT2D eigenvalue weighted by Gasteiger charge is 2.08. The molecule has 14 heavy (non-hydrogen) atoms. The Morgan fingerprint density at radius 1 is 1.71 bits per heavy atom. The quantitative estimate of drug-likeness (QED) is 0.773. The molecule has 0 aliphatic carbocycles. The van der Waals surface area contributed by atoms with E-state index in [4.69, 9.17) is 22.1 Å². The van der Waals surface area contributed by atoms with Crippen LogP contribution in [0.25, 0.3) is 0 Å². The second-order valence-electron chi connectivity index (χ2n) is 2.87. The molecule has 0 saturated heterocycles. The Balaban J connectivity index is 2.62. The van der Waals surface area contributed by atoms with Gasteiger partial charge in [-0.05, 0) is 12.1 Å². The Hall–Kier alpha value is -0.840. The lowest BCUT2D eigenvalue weighted by atomic mass is 10.3. The van der Waals surface area contributed by atoms with Gasteiger partial charge in [0.25, 0.3) is 0 Å². The number of ether oxygens (including phenoxy) is 1. The number of anilines is 1. The zero-order valence-corrected chi connectivity index (χ0v) is 8.79.